The molecular formula is C17H25NO5S. The number of sulfone groups is 1. The highest BCUT2D eigenvalue weighted by Gasteiger charge is 2.27. The lowest BCUT2D eigenvalue weighted by atomic mass is 10.00. The van der Waals surface area contributed by atoms with Crippen molar-refractivity contribution in [1.82, 2.24) is 5.32 Å². The molecule has 7 heteroatoms. The monoisotopic (exact) mass is 355 g/mol. The van der Waals surface area contributed by atoms with E-state index in [1.165, 1.54) is 6.92 Å². The smallest absolute Gasteiger partial charge is 0.325 e. The molecule has 0 heterocycles. The Kier molecular flexibility index (Phi) is 7.91. The highest BCUT2D eigenvalue weighted by Crippen LogP contribution is 2.13. The topological polar surface area (TPSA) is 101 Å². The molecule has 2 unspecified atom stereocenters. The first-order chi connectivity index (χ1) is 11.2. The summed E-state index contributed by atoms with van der Waals surface area (Å²) in [5, 5.41) is 11.3. The Bertz CT molecular complexity index is 642. The second-order valence-electron chi connectivity index (χ2n) is 5.92. The van der Waals surface area contributed by atoms with E-state index in [1.807, 2.05) is 37.3 Å². The maximum absolute atomic E-state index is 12.4. The number of unbranched alkanes of at least 4 members (excludes halogenated alkanes) is 1. The number of hydrogen-bond donors (Lipinski definition) is 2. The molecule has 1 amide bonds. The van der Waals surface area contributed by atoms with Gasteiger partial charge in [-0.1, -0.05) is 43.7 Å². The zero-order valence-electron chi connectivity index (χ0n) is 14.1. The Morgan fingerprint density at radius 1 is 1.21 bits per heavy atom. The maximum atomic E-state index is 12.4. The fourth-order valence-electron chi connectivity index (χ4n) is 2.27. The van der Waals surface area contributed by atoms with Crippen molar-refractivity contribution < 1.29 is 23.1 Å². The molecular weight excluding hydrogens is 330 g/mol. The normalized spacial score (nSPS) is 13.9. The van der Waals surface area contributed by atoms with Gasteiger partial charge in [-0.2, -0.15) is 0 Å². The summed E-state index contributed by atoms with van der Waals surface area (Å²) in [4.78, 5) is 23.3. The van der Waals surface area contributed by atoms with E-state index in [1.54, 1.807) is 0 Å². The first kappa shape index (κ1) is 20.2. The fourth-order valence-corrected chi connectivity index (χ4v) is 4.05. The van der Waals surface area contributed by atoms with Crippen molar-refractivity contribution in [2.24, 2.45) is 5.92 Å². The van der Waals surface area contributed by atoms with E-state index < -0.39 is 33.7 Å². The van der Waals surface area contributed by atoms with Crippen molar-refractivity contribution in [3.63, 3.8) is 0 Å². The van der Waals surface area contributed by atoms with Crippen LogP contribution in [-0.4, -0.2) is 42.9 Å². The van der Waals surface area contributed by atoms with Crippen LogP contribution in [0.25, 0.3) is 0 Å². The van der Waals surface area contributed by atoms with Crippen molar-refractivity contribution in [3.05, 3.63) is 35.9 Å². The minimum Gasteiger partial charge on any atom is -0.480 e. The molecule has 134 valence electrons. The van der Waals surface area contributed by atoms with Gasteiger partial charge < -0.3 is 10.4 Å². The van der Waals surface area contributed by atoms with E-state index in [0.29, 0.717) is 6.42 Å². The van der Waals surface area contributed by atoms with Gasteiger partial charge in [-0.3, -0.25) is 9.59 Å². The third kappa shape index (κ3) is 7.12. The molecule has 1 rings (SSSR count). The number of rotatable bonds is 10. The predicted molar refractivity (Wildman–Crippen MR) is 92.4 cm³/mol. The lowest BCUT2D eigenvalue weighted by Crippen LogP contribution is -2.44. The van der Waals surface area contributed by atoms with Crippen LogP contribution in [0.3, 0.4) is 0 Å². The van der Waals surface area contributed by atoms with Gasteiger partial charge in [-0.25, -0.2) is 8.42 Å². The van der Waals surface area contributed by atoms with Gasteiger partial charge in [0.25, 0.3) is 0 Å². The van der Waals surface area contributed by atoms with Gasteiger partial charge in [-0.05, 0) is 25.3 Å². The second kappa shape index (κ2) is 9.42. The van der Waals surface area contributed by atoms with Gasteiger partial charge in [0.2, 0.25) is 5.91 Å². The first-order valence-corrected chi connectivity index (χ1v) is 9.85. The van der Waals surface area contributed by atoms with Gasteiger partial charge in [0.1, 0.15) is 6.04 Å². The Morgan fingerprint density at radius 2 is 1.83 bits per heavy atom. The van der Waals surface area contributed by atoms with Gasteiger partial charge in [0.05, 0.1) is 17.4 Å². The van der Waals surface area contributed by atoms with Crippen molar-refractivity contribution in [2.45, 2.75) is 39.2 Å². The SMILES string of the molecule is CCCCS(=O)(=O)CC(Cc1ccccc1)C(=O)NC(C)C(=O)O. The van der Waals surface area contributed by atoms with Crippen LogP contribution < -0.4 is 5.32 Å². The second-order valence-corrected chi connectivity index (χ2v) is 8.15. The highest BCUT2D eigenvalue weighted by molar-refractivity contribution is 7.91. The number of carboxylic acids is 1. The zero-order valence-corrected chi connectivity index (χ0v) is 14.9. The first-order valence-electron chi connectivity index (χ1n) is 8.02. The van der Waals surface area contributed by atoms with Crippen LogP contribution in [0, 0.1) is 5.92 Å². The van der Waals surface area contributed by atoms with E-state index in [2.05, 4.69) is 5.32 Å². The molecule has 1 aromatic carbocycles. The third-order valence-corrected chi connectivity index (χ3v) is 5.51. The van der Waals surface area contributed by atoms with Crippen LogP contribution in [0.2, 0.25) is 0 Å². The van der Waals surface area contributed by atoms with Gasteiger partial charge in [-0.15, -0.1) is 0 Å². The molecule has 0 radical (unpaired) electrons. The van der Waals surface area contributed by atoms with E-state index in [0.717, 1.165) is 12.0 Å². The number of carbonyl (C=O) groups excluding carboxylic acids is 1. The molecule has 2 N–H and O–H groups in total. The largest absolute Gasteiger partial charge is 0.480 e. The number of benzene rings is 1. The standard InChI is InChI=1S/C17H25NO5S/c1-3-4-10-24(22,23)12-15(11-14-8-6-5-7-9-14)16(19)18-13(2)17(20)21/h5-9,13,15H,3-4,10-12H2,1-2H3,(H,18,19)(H,20,21). The van der Waals surface area contributed by atoms with E-state index in [-0.39, 0.29) is 17.9 Å². The molecule has 0 saturated heterocycles. The molecule has 0 saturated carbocycles. The molecule has 0 aromatic heterocycles. The third-order valence-electron chi connectivity index (χ3n) is 3.69. The molecule has 6 nitrogen and oxygen atoms in total. The minimum absolute atomic E-state index is 0.0382. The van der Waals surface area contributed by atoms with Crippen molar-refractivity contribution in [2.75, 3.05) is 11.5 Å². The van der Waals surface area contributed by atoms with Gasteiger partial charge in [0, 0.05) is 0 Å². The predicted octanol–water partition coefficient (Wildman–Crippen LogP) is 1.65. The van der Waals surface area contributed by atoms with Crippen molar-refractivity contribution in [3.8, 4) is 0 Å². The van der Waals surface area contributed by atoms with Crippen molar-refractivity contribution in [1.29, 1.82) is 0 Å². The molecule has 2 atom stereocenters. The number of carbonyl (C=O) groups is 2. The van der Waals surface area contributed by atoms with Crippen LogP contribution in [-0.2, 0) is 25.8 Å². The molecule has 0 bridgehead atoms. The Morgan fingerprint density at radius 3 is 2.38 bits per heavy atom. The molecule has 0 aliphatic carbocycles. The fraction of sp³-hybridized carbons (Fsp3) is 0.529. The molecule has 1 aromatic rings. The number of aliphatic carboxylic acids is 1. The lowest BCUT2D eigenvalue weighted by molar-refractivity contribution is -0.141. The summed E-state index contributed by atoms with van der Waals surface area (Å²) < 4.78 is 24.4. The summed E-state index contributed by atoms with van der Waals surface area (Å²) in [6, 6.07) is 8.04. The molecule has 0 aliphatic heterocycles. The van der Waals surface area contributed by atoms with E-state index in [4.69, 9.17) is 5.11 Å². The number of amides is 1. The summed E-state index contributed by atoms with van der Waals surface area (Å²) in [7, 11) is -3.37. The summed E-state index contributed by atoms with van der Waals surface area (Å²) in [6.07, 6.45) is 1.56. The highest BCUT2D eigenvalue weighted by atomic mass is 32.2. The Hall–Kier alpha value is -1.89. The average molecular weight is 355 g/mol. The van der Waals surface area contributed by atoms with Crippen LogP contribution in [0.5, 0.6) is 0 Å². The van der Waals surface area contributed by atoms with Crippen LogP contribution >= 0.6 is 0 Å². The van der Waals surface area contributed by atoms with Gasteiger partial charge in [0.15, 0.2) is 9.84 Å². The Balaban J connectivity index is 2.90. The molecule has 24 heavy (non-hydrogen) atoms. The van der Waals surface area contributed by atoms with Crippen LogP contribution in [0.4, 0.5) is 0 Å². The molecule has 0 spiro atoms. The number of carboxylic acid groups (broad SMARTS) is 1. The van der Waals surface area contributed by atoms with Crippen molar-refractivity contribution >= 4 is 21.7 Å². The number of hydrogen-bond acceptors (Lipinski definition) is 4. The summed E-state index contributed by atoms with van der Waals surface area (Å²) in [6.45, 7) is 3.25. The van der Waals surface area contributed by atoms with Crippen LogP contribution in [0.1, 0.15) is 32.3 Å². The number of nitrogens with one attached hydrogen (secondary N) is 1. The maximum Gasteiger partial charge on any atom is 0.325 e. The molecule has 0 aliphatic rings. The van der Waals surface area contributed by atoms with E-state index >= 15 is 0 Å². The quantitative estimate of drug-likeness (QED) is 0.665. The Labute approximate surface area is 143 Å². The zero-order chi connectivity index (χ0) is 18.2. The lowest BCUT2D eigenvalue weighted by Gasteiger charge is -2.19. The molecule has 0 fully saturated rings. The van der Waals surface area contributed by atoms with E-state index in [9.17, 15) is 18.0 Å². The summed E-state index contributed by atoms with van der Waals surface area (Å²) in [5.74, 6) is -2.75. The summed E-state index contributed by atoms with van der Waals surface area (Å²) in [5.41, 5.74) is 0.839. The summed E-state index contributed by atoms with van der Waals surface area (Å²) >= 11 is 0. The average Bonchev–Trinajstić information content (AvgIpc) is 2.53. The minimum atomic E-state index is -3.37. The van der Waals surface area contributed by atoms with Crippen LogP contribution in [0.15, 0.2) is 30.3 Å². The van der Waals surface area contributed by atoms with Gasteiger partial charge >= 0.3 is 5.97 Å².